The van der Waals surface area contributed by atoms with Gasteiger partial charge < -0.3 is 10.6 Å². The van der Waals surface area contributed by atoms with Gasteiger partial charge in [-0.05, 0) is 17.7 Å². The summed E-state index contributed by atoms with van der Waals surface area (Å²) in [6.45, 7) is 0.616. The standard InChI is InChI=1S/C12H15F3N4S/c13-12(14,15)10(7-2-1-3-9(20)4-7)18-8-5-19(6-8)11(16)17/h1-4,8,10,18,20H,5-6H2,(H3,16,17). The fourth-order valence-electron chi connectivity index (χ4n) is 2.10. The van der Waals surface area contributed by atoms with Crippen LogP contribution in [0.15, 0.2) is 29.2 Å². The fourth-order valence-corrected chi connectivity index (χ4v) is 2.34. The van der Waals surface area contributed by atoms with Gasteiger partial charge in [-0.1, -0.05) is 12.1 Å². The van der Waals surface area contributed by atoms with Crippen LogP contribution >= 0.6 is 12.6 Å². The number of benzene rings is 1. The van der Waals surface area contributed by atoms with Gasteiger partial charge in [0.15, 0.2) is 5.96 Å². The Morgan fingerprint density at radius 3 is 2.60 bits per heavy atom. The Morgan fingerprint density at radius 1 is 1.45 bits per heavy atom. The minimum absolute atomic E-state index is 0.121. The van der Waals surface area contributed by atoms with Crippen LogP contribution in [0.25, 0.3) is 0 Å². The van der Waals surface area contributed by atoms with Crippen LogP contribution in [0.5, 0.6) is 0 Å². The third-order valence-corrected chi connectivity index (χ3v) is 3.43. The molecule has 1 aliphatic rings. The summed E-state index contributed by atoms with van der Waals surface area (Å²) in [6.07, 6.45) is -4.39. The third-order valence-electron chi connectivity index (χ3n) is 3.16. The van der Waals surface area contributed by atoms with Crippen molar-refractivity contribution in [3.63, 3.8) is 0 Å². The summed E-state index contributed by atoms with van der Waals surface area (Å²) in [5.74, 6) is -0.121. The van der Waals surface area contributed by atoms with E-state index in [2.05, 4.69) is 17.9 Å². The second kappa shape index (κ2) is 5.53. The Hall–Kier alpha value is -1.41. The zero-order chi connectivity index (χ0) is 14.9. The van der Waals surface area contributed by atoms with Crippen LogP contribution in [0.3, 0.4) is 0 Å². The largest absolute Gasteiger partial charge is 0.407 e. The highest BCUT2D eigenvalue weighted by atomic mass is 32.1. The quantitative estimate of drug-likeness (QED) is 0.391. The first-order chi connectivity index (χ1) is 9.27. The Morgan fingerprint density at radius 2 is 2.10 bits per heavy atom. The highest BCUT2D eigenvalue weighted by Gasteiger charge is 2.43. The predicted molar refractivity (Wildman–Crippen MR) is 72.9 cm³/mol. The van der Waals surface area contributed by atoms with E-state index in [1.807, 2.05) is 0 Å². The van der Waals surface area contributed by atoms with E-state index in [9.17, 15) is 13.2 Å². The number of hydrogen-bond acceptors (Lipinski definition) is 3. The molecule has 1 fully saturated rings. The molecule has 1 unspecified atom stereocenters. The molecule has 1 aromatic rings. The number of rotatable bonds is 3. The van der Waals surface area contributed by atoms with Crippen LogP contribution in [-0.2, 0) is 0 Å². The van der Waals surface area contributed by atoms with Gasteiger partial charge >= 0.3 is 6.18 Å². The van der Waals surface area contributed by atoms with Crippen LogP contribution in [-0.4, -0.2) is 36.2 Å². The lowest BCUT2D eigenvalue weighted by molar-refractivity contribution is -0.161. The van der Waals surface area contributed by atoms with E-state index in [0.717, 1.165) is 0 Å². The minimum atomic E-state index is -4.39. The molecule has 0 aromatic heterocycles. The van der Waals surface area contributed by atoms with Crippen molar-refractivity contribution in [2.45, 2.75) is 23.2 Å². The number of thiol groups is 1. The van der Waals surface area contributed by atoms with Gasteiger partial charge in [0, 0.05) is 24.0 Å². The van der Waals surface area contributed by atoms with E-state index in [4.69, 9.17) is 11.1 Å². The van der Waals surface area contributed by atoms with Crippen LogP contribution in [0.1, 0.15) is 11.6 Å². The van der Waals surface area contributed by atoms with Crippen molar-refractivity contribution in [1.29, 1.82) is 5.41 Å². The highest BCUT2D eigenvalue weighted by molar-refractivity contribution is 7.80. The van der Waals surface area contributed by atoms with Crippen LogP contribution in [0, 0.1) is 5.41 Å². The average Bonchev–Trinajstić information content (AvgIpc) is 2.24. The second-order valence-electron chi connectivity index (χ2n) is 4.72. The highest BCUT2D eigenvalue weighted by Crippen LogP contribution is 2.34. The molecule has 2 rings (SSSR count). The Labute approximate surface area is 120 Å². The van der Waals surface area contributed by atoms with Gasteiger partial charge in [0.25, 0.3) is 0 Å². The van der Waals surface area contributed by atoms with Gasteiger partial charge in [0.1, 0.15) is 6.04 Å². The maximum absolute atomic E-state index is 13.1. The molecule has 0 radical (unpaired) electrons. The molecule has 4 nitrogen and oxygen atoms in total. The Kier molecular flexibility index (Phi) is 4.14. The van der Waals surface area contributed by atoms with Gasteiger partial charge in [-0.2, -0.15) is 13.2 Å². The lowest BCUT2D eigenvalue weighted by Gasteiger charge is -2.42. The summed E-state index contributed by atoms with van der Waals surface area (Å²) in [7, 11) is 0. The number of hydrogen-bond donors (Lipinski definition) is 4. The lowest BCUT2D eigenvalue weighted by atomic mass is 10.0. The first kappa shape index (κ1) is 15.0. The number of nitrogens with one attached hydrogen (secondary N) is 2. The molecule has 0 amide bonds. The normalized spacial score (nSPS) is 17.7. The van der Waals surface area contributed by atoms with Gasteiger partial charge in [-0.15, -0.1) is 12.6 Å². The van der Waals surface area contributed by atoms with Crippen LogP contribution in [0.4, 0.5) is 13.2 Å². The number of guanidine groups is 1. The summed E-state index contributed by atoms with van der Waals surface area (Å²) in [4.78, 5) is 1.98. The topological polar surface area (TPSA) is 65.1 Å². The SMILES string of the molecule is N=C(N)N1CC(NC(c2cccc(S)c2)C(F)(F)F)C1. The van der Waals surface area contributed by atoms with E-state index in [-0.39, 0.29) is 17.6 Å². The van der Waals surface area contributed by atoms with Gasteiger partial charge in [0.2, 0.25) is 0 Å². The molecule has 0 spiro atoms. The zero-order valence-corrected chi connectivity index (χ0v) is 11.4. The first-order valence-corrected chi connectivity index (χ1v) is 6.43. The molecular formula is C12H15F3N4S. The number of nitrogens with two attached hydrogens (primary N) is 1. The summed E-state index contributed by atoms with van der Waals surface area (Å²) in [5, 5.41) is 9.75. The fraction of sp³-hybridized carbons (Fsp3) is 0.417. The van der Waals surface area contributed by atoms with Gasteiger partial charge in [0.05, 0.1) is 0 Å². The molecule has 1 saturated heterocycles. The van der Waals surface area contributed by atoms with Gasteiger partial charge in [-0.25, -0.2) is 0 Å². The number of likely N-dealkylation sites (tertiary alicyclic amines) is 1. The summed E-state index contributed by atoms with van der Waals surface area (Å²) in [5.41, 5.74) is 5.39. The summed E-state index contributed by atoms with van der Waals surface area (Å²) in [6, 6.07) is 3.91. The maximum Gasteiger partial charge on any atom is 0.407 e. The summed E-state index contributed by atoms with van der Waals surface area (Å²) >= 11 is 4.06. The molecule has 4 N–H and O–H groups in total. The summed E-state index contributed by atoms with van der Waals surface area (Å²) < 4.78 is 39.4. The lowest BCUT2D eigenvalue weighted by Crippen LogP contribution is -2.62. The van der Waals surface area contributed by atoms with Crippen molar-refractivity contribution >= 4 is 18.6 Å². The number of halogens is 3. The molecule has 0 saturated carbocycles. The van der Waals surface area contributed by atoms with Gasteiger partial charge in [-0.3, -0.25) is 10.7 Å². The molecule has 0 bridgehead atoms. The molecular weight excluding hydrogens is 289 g/mol. The average molecular weight is 304 g/mol. The van der Waals surface area contributed by atoms with Crippen LogP contribution < -0.4 is 11.1 Å². The molecule has 0 aliphatic carbocycles. The second-order valence-corrected chi connectivity index (χ2v) is 5.24. The molecule has 8 heteroatoms. The van der Waals surface area contributed by atoms with Crippen molar-refractivity contribution in [3.8, 4) is 0 Å². The van der Waals surface area contributed by atoms with Crippen molar-refractivity contribution in [2.24, 2.45) is 5.73 Å². The van der Waals surface area contributed by atoms with Crippen molar-refractivity contribution < 1.29 is 13.2 Å². The number of alkyl halides is 3. The predicted octanol–water partition coefficient (Wildman–Crippen LogP) is 1.75. The molecule has 20 heavy (non-hydrogen) atoms. The van der Waals surface area contributed by atoms with E-state index >= 15 is 0 Å². The minimum Gasteiger partial charge on any atom is -0.370 e. The zero-order valence-electron chi connectivity index (χ0n) is 10.5. The molecule has 110 valence electrons. The molecule has 1 aromatic carbocycles. The van der Waals surface area contributed by atoms with Crippen molar-refractivity contribution in [3.05, 3.63) is 29.8 Å². The van der Waals surface area contributed by atoms with E-state index in [1.165, 1.54) is 17.0 Å². The maximum atomic E-state index is 13.1. The molecule has 1 atom stereocenters. The third kappa shape index (κ3) is 3.37. The molecule has 1 heterocycles. The smallest absolute Gasteiger partial charge is 0.370 e. The van der Waals surface area contributed by atoms with E-state index in [0.29, 0.717) is 18.0 Å². The number of nitrogens with zero attached hydrogens (tertiary/aromatic N) is 1. The van der Waals surface area contributed by atoms with E-state index in [1.54, 1.807) is 12.1 Å². The monoisotopic (exact) mass is 304 g/mol. The van der Waals surface area contributed by atoms with Crippen LogP contribution in [0.2, 0.25) is 0 Å². The molecule has 1 aliphatic heterocycles. The van der Waals surface area contributed by atoms with Crippen molar-refractivity contribution in [1.82, 2.24) is 10.2 Å². The Bertz CT molecular complexity index is 500. The Balaban J connectivity index is 2.09. The first-order valence-electron chi connectivity index (χ1n) is 5.98. The van der Waals surface area contributed by atoms with E-state index < -0.39 is 12.2 Å². The van der Waals surface area contributed by atoms with Crippen molar-refractivity contribution in [2.75, 3.05) is 13.1 Å².